The first-order valence-electron chi connectivity index (χ1n) is 8.93. The smallest absolute Gasteiger partial charge is 0.0938 e. The van der Waals surface area contributed by atoms with Crippen LogP contribution in [0.3, 0.4) is 0 Å². The van der Waals surface area contributed by atoms with Gasteiger partial charge in [-0.3, -0.25) is 0 Å². The van der Waals surface area contributed by atoms with Gasteiger partial charge in [0.2, 0.25) is 0 Å². The molecule has 0 aromatic rings. The number of hydrogen-bond acceptors (Lipinski definition) is 4. The van der Waals surface area contributed by atoms with Crippen LogP contribution in [0.5, 0.6) is 0 Å². The quantitative estimate of drug-likeness (QED) is 0.452. The Morgan fingerprint density at radius 1 is 0.727 bits per heavy atom. The average Bonchev–Trinajstić information content (AvgIpc) is 2.50. The van der Waals surface area contributed by atoms with Crippen molar-refractivity contribution in [2.24, 2.45) is 0 Å². The third-order valence-corrected chi connectivity index (χ3v) is 4.60. The maximum Gasteiger partial charge on any atom is 0.0938 e. The second-order valence-corrected chi connectivity index (χ2v) is 6.76. The lowest BCUT2D eigenvalue weighted by molar-refractivity contribution is -0.194. The van der Waals surface area contributed by atoms with Crippen molar-refractivity contribution >= 4 is 0 Å². The van der Waals surface area contributed by atoms with Gasteiger partial charge in [0, 0.05) is 0 Å². The predicted molar refractivity (Wildman–Crippen MR) is 91.2 cm³/mol. The number of aliphatic hydroxyl groups excluding tert-OH is 2. The Bertz CT molecular complexity index is 255. The molecule has 0 saturated heterocycles. The lowest BCUT2D eigenvalue weighted by Gasteiger charge is -2.44. The van der Waals surface area contributed by atoms with Crippen molar-refractivity contribution in [3.63, 3.8) is 0 Å². The number of unbranched alkanes of at least 4 members (excludes halogenated alkanes) is 6. The molecular formula is C18H38O4. The average molecular weight is 318 g/mol. The highest BCUT2D eigenvalue weighted by Crippen LogP contribution is 2.34. The van der Waals surface area contributed by atoms with Gasteiger partial charge < -0.3 is 19.7 Å². The van der Waals surface area contributed by atoms with E-state index in [0.29, 0.717) is 13.2 Å². The fourth-order valence-electron chi connectivity index (χ4n) is 2.69. The van der Waals surface area contributed by atoms with Crippen LogP contribution in [0.4, 0.5) is 0 Å². The molecule has 0 aliphatic rings. The van der Waals surface area contributed by atoms with E-state index in [9.17, 15) is 0 Å². The summed E-state index contributed by atoms with van der Waals surface area (Å²) in [7, 11) is 0. The first-order chi connectivity index (χ1) is 10.4. The summed E-state index contributed by atoms with van der Waals surface area (Å²) >= 11 is 0. The molecule has 1 unspecified atom stereocenters. The Kier molecular flexibility index (Phi) is 12.2. The number of hydrogen-bond donors (Lipinski definition) is 2. The molecule has 0 spiro atoms. The maximum absolute atomic E-state index is 9.06. The third kappa shape index (κ3) is 8.47. The number of aliphatic hydroxyl groups is 2. The van der Waals surface area contributed by atoms with E-state index in [1.807, 2.05) is 13.8 Å². The van der Waals surface area contributed by atoms with Crippen LogP contribution in [0.15, 0.2) is 0 Å². The molecule has 4 nitrogen and oxygen atoms in total. The van der Waals surface area contributed by atoms with Gasteiger partial charge in [-0.25, -0.2) is 0 Å². The van der Waals surface area contributed by atoms with Crippen LogP contribution in [0.1, 0.15) is 79.1 Å². The zero-order chi connectivity index (χ0) is 16.9. The summed E-state index contributed by atoms with van der Waals surface area (Å²) in [6, 6.07) is 0. The molecule has 1 atom stereocenters. The standard InChI is InChI=1S/C18H38O4/c1-5-6-7-8-9-10-11-12-18(4,22-16-14-20)17(2,3)21-15-13-19/h19-20H,5-16H2,1-4H3. The van der Waals surface area contributed by atoms with Crippen molar-refractivity contribution in [2.45, 2.75) is 90.3 Å². The second-order valence-electron chi connectivity index (χ2n) is 6.76. The third-order valence-electron chi connectivity index (χ3n) is 4.60. The highest BCUT2D eigenvalue weighted by atomic mass is 16.6. The van der Waals surface area contributed by atoms with Crippen molar-refractivity contribution in [2.75, 3.05) is 26.4 Å². The summed E-state index contributed by atoms with van der Waals surface area (Å²) in [6.07, 6.45) is 9.74. The molecule has 0 aliphatic carbocycles. The minimum absolute atomic E-state index is 0.0109. The van der Waals surface area contributed by atoms with Crippen molar-refractivity contribution in [3.8, 4) is 0 Å². The van der Waals surface area contributed by atoms with Gasteiger partial charge in [0.1, 0.15) is 0 Å². The van der Waals surface area contributed by atoms with Crippen molar-refractivity contribution < 1.29 is 19.7 Å². The van der Waals surface area contributed by atoms with Gasteiger partial charge in [0.15, 0.2) is 0 Å². The van der Waals surface area contributed by atoms with E-state index >= 15 is 0 Å². The highest BCUT2D eigenvalue weighted by Gasteiger charge is 2.42. The SMILES string of the molecule is CCCCCCCCCC(C)(OCCO)C(C)(C)OCCO. The fourth-order valence-corrected chi connectivity index (χ4v) is 2.69. The van der Waals surface area contributed by atoms with Crippen molar-refractivity contribution in [1.82, 2.24) is 0 Å². The molecule has 0 aromatic carbocycles. The largest absolute Gasteiger partial charge is 0.394 e. The van der Waals surface area contributed by atoms with Crippen LogP contribution >= 0.6 is 0 Å². The van der Waals surface area contributed by atoms with Crippen LogP contribution in [0.25, 0.3) is 0 Å². The van der Waals surface area contributed by atoms with Gasteiger partial charge in [0.25, 0.3) is 0 Å². The van der Waals surface area contributed by atoms with E-state index < -0.39 is 11.2 Å². The summed E-state index contributed by atoms with van der Waals surface area (Å²) in [5, 5.41) is 18.0. The van der Waals surface area contributed by atoms with Gasteiger partial charge in [-0.15, -0.1) is 0 Å². The van der Waals surface area contributed by atoms with Gasteiger partial charge in [0.05, 0.1) is 37.6 Å². The molecule has 2 N–H and O–H groups in total. The van der Waals surface area contributed by atoms with Gasteiger partial charge in [-0.2, -0.15) is 0 Å². The summed E-state index contributed by atoms with van der Waals surface area (Å²) in [6.45, 7) is 8.94. The second kappa shape index (κ2) is 12.3. The Morgan fingerprint density at radius 2 is 1.23 bits per heavy atom. The molecule has 4 heteroatoms. The Labute approximate surface area is 137 Å². The normalized spacial score (nSPS) is 15.0. The molecule has 0 aromatic heterocycles. The molecule has 0 bridgehead atoms. The molecule has 22 heavy (non-hydrogen) atoms. The van der Waals surface area contributed by atoms with Gasteiger partial charge in [-0.05, 0) is 27.2 Å². The monoisotopic (exact) mass is 318 g/mol. The van der Waals surface area contributed by atoms with Gasteiger partial charge >= 0.3 is 0 Å². The summed E-state index contributed by atoms with van der Waals surface area (Å²) in [5.41, 5.74) is -0.943. The Hall–Kier alpha value is -0.160. The summed E-state index contributed by atoms with van der Waals surface area (Å²) in [4.78, 5) is 0. The van der Waals surface area contributed by atoms with E-state index in [-0.39, 0.29) is 13.2 Å². The molecule has 0 heterocycles. The van der Waals surface area contributed by atoms with E-state index in [1.54, 1.807) is 0 Å². The highest BCUT2D eigenvalue weighted by molar-refractivity contribution is 4.93. The van der Waals surface area contributed by atoms with E-state index in [4.69, 9.17) is 19.7 Å². The summed E-state index contributed by atoms with van der Waals surface area (Å²) in [5.74, 6) is 0. The molecule has 0 aliphatic heterocycles. The van der Waals surface area contributed by atoms with Crippen LogP contribution in [-0.4, -0.2) is 47.8 Å². The van der Waals surface area contributed by atoms with Crippen LogP contribution in [-0.2, 0) is 9.47 Å². The fraction of sp³-hybridized carbons (Fsp3) is 1.00. The molecule has 134 valence electrons. The molecular weight excluding hydrogens is 280 g/mol. The van der Waals surface area contributed by atoms with Crippen LogP contribution in [0, 0.1) is 0 Å². The molecule has 0 saturated carbocycles. The van der Waals surface area contributed by atoms with E-state index in [0.717, 1.165) is 12.8 Å². The zero-order valence-corrected chi connectivity index (χ0v) is 15.2. The Morgan fingerprint density at radius 3 is 1.77 bits per heavy atom. The van der Waals surface area contributed by atoms with Crippen LogP contribution in [0.2, 0.25) is 0 Å². The lowest BCUT2D eigenvalue weighted by atomic mass is 9.82. The van der Waals surface area contributed by atoms with E-state index in [2.05, 4.69) is 13.8 Å². The minimum Gasteiger partial charge on any atom is -0.394 e. The van der Waals surface area contributed by atoms with Crippen LogP contribution < -0.4 is 0 Å². The lowest BCUT2D eigenvalue weighted by Crippen LogP contribution is -2.52. The summed E-state index contributed by atoms with van der Waals surface area (Å²) < 4.78 is 11.7. The van der Waals surface area contributed by atoms with Gasteiger partial charge in [-0.1, -0.05) is 51.9 Å². The first kappa shape index (κ1) is 21.8. The predicted octanol–water partition coefficient (Wildman–Crippen LogP) is 3.68. The van der Waals surface area contributed by atoms with E-state index in [1.165, 1.54) is 38.5 Å². The topological polar surface area (TPSA) is 58.9 Å². The number of rotatable bonds is 15. The first-order valence-corrected chi connectivity index (χ1v) is 8.93. The molecule has 0 rings (SSSR count). The Balaban J connectivity index is 4.30. The minimum atomic E-state index is -0.493. The number of ether oxygens (including phenoxy) is 2. The van der Waals surface area contributed by atoms with Crippen molar-refractivity contribution in [1.29, 1.82) is 0 Å². The zero-order valence-electron chi connectivity index (χ0n) is 15.2. The molecule has 0 fully saturated rings. The maximum atomic E-state index is 9.06. The van der Waals surface area contributed by atoms with Crippen molar-refractivity contribution in [3.05, 3.63) is 0 Å². The molecule has 0 radical (unpaired) electrons. The molecule has 0 amide bonds.